The van der Waals surface area contributed by atoms with Crippen LogP contribution >= 0.6 is 27.5 Å². The van der Waals surface area contributed by atoms with Crippen LogP contribution in [-0.4, -0.2) is 38.9 Å². The van der Waals surface area contributed by atoms with Crippen LogP contribution < -0.4 is 0 Å². The number of halogens is 1. The highest BCUT2D eigenvalue weighted by Gasteiger charge is 2.20. The van der Waals surface area contributed by atoms with Crippen molar-refractivity contribution in [2.75, 3.05) is 13.7 Å². The van der Waals surface area contributed by atoms with Crippen LogP contribution in [0, 0.1) is 0 Å². The van der Waals surface area contributed by atoms with Crippen LogP contribution in [0.2, 0.25) is 0 Å². The fourth-order valence-electron chi connectivity index (χ4n) is 1.32. The lowest BCUT2D eigenvalue weighted by Gasteiger charge is -2.05. The zero-order chi connectivity index (χ0) is 12.3. The molecule has 6 nitrogen and oxygen atoms in total. The van der Waals surface area contributed by atoms with Crippen LogP contribution in [0.4, 0.5) is 0 Å². The molecule has 0 spiro atoms. The zero-order valence-electron chi connectivity index (χ0n) is 8.96. The van der Waals surface area contributed by atoms with E-state index in [1.54, 1.807) is 18.0 Å². The maximum Gasteiger partial charge on any atom is 0.225 e. The van der Waals surface area contributed by atoms with Gasteiger partial charge in [0.2, 0.25) is 5.78 Å². The second-order valence-corrected chi connectivity index (χ2v) is 4.81. The molecule has 8 heteroatoms. The molecule has 0 aromatic carbocycles. The van der Waals surface area contributed by atoms with Crippen LogP contribution in [0.25, 0.3) is 0 Å². The molecule has 0 atom stereocenters. The van der Waals surface area contributed by atoms with Crippen molar-refractivity contribution < 1.29 is 9.53 Å². The summed E-state index contributed by atoms with van der Waals surface area (Å²) in [5.41, 5.74) is 0.494. The van der Waals surface area contributed by atoms with E-state index in [-0.39, 0.29) is 5.78 Å². The van der Waals surface area contributed by atoms with Gasteiger partial charge < -0.3 is 4.74 Å². The first kappa shape index (κ1) is 12.3. The summed E-state index contributed by atoms with van der Waals surface area (Å²) in [6.45, 7) is 1.02. The Balaban J connectivity index is 2.31. The largest absolute Gasteiger partial charge is 0.383 e. The summed E-state index contributed by atoms with van der Waals surface area (Å²) in [7, 11) is 1.60. The molecule has 17 heavy (non-hydrogen) atoms. The topological polar surface area (TPSA) is 69.9 Å². The van der Waals surface area contributed by atoms with E-state index in [1.807, 2.05) is 0 Å². The summed E-state index contributed by atoms with van der Waals surface area (Å²) in [5, 5.41) is 7.77. The molecule has 0 aliphatic heterocycles. The van der Waals surface area contributed by atoms with Crippen LogP contribution in [0.5, 0.6) is 0 Å². The number of nitrogens with zero attached hydrogens (tertiary/aromatic N) is 4. The van der Waals surface area contributed by atoms with Gasteiger partial charge in [0, 0.05) is 7.11 Å². The normalized spacial score (nSPS) is 10.7. The number of carbonyl (C=O) groups excluding carboxylic acids is 1. The Morgan fingerprint density at radius 1 is 1.59 bits per heavy atom. The third-order valence-electron chi connectivity index (χ3n) is 2.10. The van der Waals surface area contributed by atoms with Crippen molar-refractivity contribution in [2.45, 2.75) is 6.54 Å². The SMILES string of the molecule is COCCn1ncc(Br)c1C(=O)c1cnns1. The Hall–Kier alpha value is -1.12. The molecule has 0 aliphatic rings. The van der Waals surface area contributed by atoms with Crippen LogP contribution in [0.1, 0.15) is 15.4 Å². The second-order valence-electron chi connectivity index (χ2n) is 3.17. The Labute approximate surface area is 110 Å². The molecule has 0 aliphatic carbocycles. The summed E-state index contributed by atoms with van der Waals surface area (Å²) in [5.74, 6) is -0.138. The Bertz CT molecular complexity index is 511. The van der Waals surface area contributed by atoms with Gasteiger partial charge in [-0.25, -0.2) is 0 Å². The van der Waals surface area contributed by atoms with E-state index in [9.17, 15) is 4.79 Å². The average molecular weight is 317 g/mol. The first-order chi connectivity index (χ1) is 8.24. The maximum absolute atomic E-state index is 12.2. The lowest BCUT2D eigenvalue weighted by Crippen LogP contribution is -2.14. The molecule has 2 aromatic heterocycles. The molecule has 0 unspecified atom stereocenters. The van der Waals surface area contributed by atoms with E-state index in [2.05, 4.69) is 30.6 Å². The van der Waals surface area contributed by atoms with Crippen LogP contribution in [0.3, 0.4) is 0 Å². The van der Waals surface area contributed by atoms with Gasteiger partial charge in [0.25, 0.3) is 0 Å². The predicted octanol–water partition coefficient (Wildman–Crippen LogP) is 1.37. The average Bonchev–Trinajstić information content (AvgIpc) is 2.95. The van der Waals surface area contributed by atoms with Gasteiger partial charge in [0.05, 0.1) is 30.0 Å². The molecule has 90 valence electrons. The van der Waals surface area contributed by atoms with Gasteiger partial charge in [-0.15, -0.1) is 5.10 Å². The van der Waals surface area contributed by atoms with E-state index in [0.29, 0.717) is 28.2 Å². The summed E-state index contributed by atoms with van der Waals surface area (Å²) in [4.78, 5) is 12.7. The second kappa shape index (κ2) is 5.48. The Kier molecular flexibility index (Phi) is 3.97. The number of carbonyl (C=O) groups is 1. The van der Waals surface area contributed by atoms with Crippen LogP contribution in [-0.2, 0) is 11.3 Å². The van der Waals surface area contributed by atoms with Crippen molar-refractivity contribution in [3.05, 3.63) is 27.4 Å². The predicted molar refractivity (Wildman–Crippen MR) is 65.1 cm³/mol. The van der Waals surface area contributed by atoms with E-state index in [0.717, 1.165) is 11.5 Å². The number of hydrogen-bond acceptors (Lipinski definition) is 6. The van der Waals surface area contributed by atoms with Gasteiger partial charge >= 0.3 is 0 Å². The molecular formula is C9H9BrN4O2S. The van der Waals surface area contributed by atoms with Gasteiger partial charge in [0.15, 0.2) is 0 Å². The Morgan fingerprint density at radius 3 is 3.06 bits per heavy atom. The van der Waals surface area contributed by atoms with Gasteiger partial charge in [-0.05, 0) is 27.5 Å². The number of ketones is 1. The highest BCUT2D eigenvalue weighted by atomic mass is 79.9. The molecule has 0 saturated heterocycles. The highest BCUT2D eigenvalue weighted by molar-refractivity contribution is 9.10. The molecule has 0 radical (unpaired) electrons. The smallest absolute Gasteiger partial charge is 0.225 e. The highest BCUT2D eigenvalue weighted by Crippen LogP contribution is 2.20. The maximum atomic E-state index is 12.2. The molecule has 0 saturated carbocycles. The van der Waals surface area contributed by atoms with Gasteiger partial charge in [-0.2, -0.15) is 5.10 Å². The third kappa shape index (κ3) is 2.59. The monoisotopic (exact) mass is 316 g/mol. The minimum absolute atomic E-state index is 0.138. The number of aromatic nitrogens is 4. The number of rotatable bonds is 5. The summed E-state index contributed by atoms with van der Waals surface area (Å²) in [6, 6.07) is 0. The van der Waals surface area contributed by atoms with E-state index in [4.69, 9.17) is 4.74 Å². The molecule has 0 fully saturated rings. The molecule has 0 bridgehead atoms. The number of methoxy groups -OCH3 is 1. The van der Waals surface area contributed by atoms with E-state index >= 15 is 0 Å². The fraction of sp³-hybridized carbons (Fsp3) is 0.333. The van der Waals surface area contributed by atoms with Gasteiger partial charge in [-0.3, -0.25) is 9.48 Å². The molecule has 2 aromatic rings. The zero-order valence-corrected chi connectivity index (χ0v) is 11.4. The lowest BCUT2D eigenvalue weighted by atomic mass is 10.2. The quantitative estimate of drug-likeness (QED) is 0.779. The van der Waals surface area contributed by atoms with Crippen molar-refractivity contribution in [1.82, 2.24) is 19.4 Å². The summed E-state index contributed by atoms with van der Waals surface area (Å²) >= 11 is 4.38. The summed E-state index contributed by atoms with van der Waals surface area (Å²) < 4.78 is 10.9. The number of ether oxygens (including phenoxy) is 1. The van der Waals surface area contributed by atoms with Crippen LogP contribution in [0.15, 0.2) is 16.9 Å². The van der Waals surface area contributed by atoms with E-state index < -0.39 is 0 Å². The van der Waals surface area contributed by atoms with Crippen molar-refractivity contribution in [1.29, 1.82) is 0 Å². The minimum atomic E-state index is -0.138. The lowest BCUT2D eigenvalue weighted by molar-refractivity contribution is 0.102. The molecule has 2 rings (SSSR count). The van der Waals surface area contributed by atoms with Gasteiger partial charge in [-0.1, -0.05) is 4.49 Å². The Morgan fingerprint density at radius 2 is 2.41 bits per heavy atom. The van der Waals surface area contributed by atoms with Crippen molar-refractivity contribution in [3.8, 4) is 0 Å². The standard InChI is InChI=1S/C9H9BrN4O2S/c1-16-3-2-14-8(6(10)4-12-14)9(15)7-5-11-13-17-7/h4-5H,2-3H2,1H3. The van der Waals surface area contributed by atoms with Gasteiger partial charge in [0.1, 0.15) is 10.6 Å². The molecule has 0 N–H and O–H groups in total. The first-order valence-electron chi connectivity index (χ1n) is 4.76. The number of hydrogen-bond donors (Lipinski definition) is 0. The fourth-order valence-corrected chi connectivity index (χ4v) is 2.25. The third-order valence-corrected chi connectivity index (χ3v) is 3.35. The van der Waals surface area contributed by atoms with E-state index in [1.165, 1.54) is 6.20 Å². The van der Waals surface area contributed by atoms with Crippen molar-refractivity contribution in [3.63, 3.8) is 0 Å². The molecule has 0 amide bonds. The molecule has 2 heterocycles. The van der Waals surface area contributed by atoms with Crippen molar-refractivity contribution in [2.24, 2.45) is 0 Å². The summed E-state index contributed by atoms with van der Waals surface area (Å²) in [6.07, 6.45) is 3.05. The first-order valence-corrected chi connectivity index (χ1v) is 6.33. The molecular weight excluding hydrogens is 308 g/mol. The minimum Gasteiger partial charge on any atom is -0.383 e. The van der Waals surface area contributed by atoms with Crippen molar-refractivity contribution >= 4 is 33.2 Å².